The molecular formula is C12H14N4. The van der Waals surface area contributed by atoms with E-state index in [9.17, 15) is 0 Å². The number of aromatic nitrogens is 1. The van der Waals surface area contributed by atoms with Crippen LogP contribution in [0, 0.1) is 11.3 Å². The second-order valence-corrected chi connectivity index (χ2v) is 4.47. The van der Waals surface area contributed by atoms with E-state index in [1.54, 1.807) is 6.20 Å². The molecule has 2 atom stereocenters. The van der Waals surface area contributed by atoms with E-state index in [4.69, 9.17) is 5.26 Å². The Kier molecular flexibility index (Phi) is 2.26. The first-order chi connectivity index (χ1) is 7.88. The van der Waals surface area contributed by atoms with Crippen molar-refractivity contribution in [2.75, 3.05) is 18.0 Å². The maximum atomic E-state index is 8.74. The molecule has 1 aromatic rings. The Morgan fingerprint density at radius 1 is 1.31 bits per heavy atom. The number of piperazine rings is 1. The minimum Gasteiger partial charge on any atom is -0.348 e. The molecule has 1 unspecified atom stereocenters. The van der Waals surface area contributed by atoms with Crippen molar-refractivity contribution in [2.24, 2.45) is 0 Å². The van der Waals surface area contributed by atoms with Crippen molar-refractivity contribution in [3.05, 3.63) is 23.9 Å². The molecule has 0 aliphatic carbocycles. The lowest BCUT2D eigenvalue weighted by atomic mass is 10.2. The Balaban J connectivity index is 1.89. The number of nitrogens with one attached hydrogen (secondary N) is 1. The third-order valence-electron chi connectivity index (χ3n) is 3.52. The average Bonchev–Trinajstić information content (AvgIpc) is 2.59. The Hall–Kier alpha value is -1.60. The zero-order valence-electron chi connectivity index (χ0n) is 9.06. The lowest BCUT2D eigenvalue weighted by molar-refractivity contribution is 0.481. The quantitative estimate of drug-likeness (QED) is 0.754. The summed E-state index contributed by atoms with van der Waals surface area (Å²) in [6.45, 7) is 2.11. The number of anilines is 1. The first kappa shape index (κ1) is 9.61. The molecule has 2 saturated heterocycles. The van der Waals surface area contributed by atoms with Crippen LogP contribution in [0.1, 0.15) is 18.4 Å². The van der Waals surface area contributed by atoms with Crippen LogP contribution < -0.4 is 10.2 Å². The van der Waals surface area contributed by atoms with Crippen LogP contribution in [0.25, 0.3) is 0 Å². The van der Waals surface area contributed by atoms with Gasteiger partial charge in [-0.15, -0.1) is 0 Å². The molecule has 0 spiro atoms. The van der Waals surface area contributed by atoms with Crippen molar-refractivity contribution >= 4 is 5.82 Å². The highest BCUT2D eigenvalue weighted by atomic mass is 15.3. The third kappa shape index (κ3) is 1.44. The van der Waals surface area contributed by atoms with Crippen LogP contribution in [0.3, 0.4) is 0 Å². The summed E-state index contributed by atoms with van der Waals surface area (Å²) in [5, 5.41) is 12.2. The summed E-state index contributed by atoms with van der Waals surface area (Å²) in [6, 6.07) is 7.09. The molecule has 2 aliphatic heterocycles. The molecule has 3 rings (SSSR count). The summed E-state index contributed by atoms with van der Waals surface area (Å²) in [5.41, 5.74) is 0.631. The molecule has 4 heteroatoms. The van der Waals surface area contributed by atoms with Gasteiger partial charge in [-0.3, -0.25) is 0 Å². The van der Waals surface area contributed by atoms with Crippen molar-refractivity contribution in [1.82, 2.24) is 10.3 Å². The van der Waals surface area contributed by atoms with Crippen LogP contribution in [0.5, 0.6) is 0 Å². The van der Waals surface area contributed by atoms with Crippen molar-refractivity contribution in [2.45, 2.75) is 24.9 Å². The Bertz CT molecular complexity index is 404. The summed E-state index contributed by atoms with van der Waals surface area (Å²) in [5.74, 6) is 1.02. The summed E-state index contributed by atoms with van der Waals surface area (Å²) in [6.07, 6.45) is 4.16. The van der Waals surface area contributed by atoms with Gasteiger partial charge in [-0.25, -0.2) is 4.98 Å². The monoisotopic (exact) mass is 214 g/mol. The van der Waals surface area contributed by atoms with Gasteiger partial charge in [0.15, 0.2) is 0 Å². The minimum atomic E-state index is 0.583. The van der Waals surface area contributed by atoms with Crippen LogP contribution >= 0.6 is 0 Å². The minimum absolute atomic E-state index is 0.583. The average molecular weight is 214 g/mol. The fourth-order valence-electron chi connectivity index (χ4n) is 2.76. The highest BCUT2D eigenvalue weighted by Crippen LogP contribution is 2.30. The molecule has 3 heterocycles. The summed E-state index contributed by atoms with van der Waals surface area (Å²) in [4.78, 5) is 6.80. The zero-order chi connectivity index (χ0) is 11.0. The van der Waals surface area contributed by atoms with Crippen molar-refractivity contribution in [3.63, 3.8) is 0 Å². The molecule has 0 aromatic carbocycles. The maximum absolute atomic E-state index is 8.74. The Morgan fingerprint density at radius 3 is 2.62 bits per heavy atom. The highest BCUT2D eigenvalue weighted by molar-refractivity contribution is 5.46. The number of hydrogen-bond acceptors (Lipinski definition) is 4. The number of nitriles is 1. The van der Waals surface area contributed by atoms with Crippen molar-refractivity contribution < 1.29 is 0 Å². The van der Waals surface area contributed by atoms with E-state index >= 15 is 0 Å². The van der Waals surface area contributed by atoms with E-state index in [1.807, 2.05) is 12.1 Å². The normalized spacial score (nSPS) is 27.8. The molecule has 1 N–H and O–H groups in total. The van der Waals surface area contributed by atoms with Crippen molar-refractivity contribution in [3.8, 4) is 6.07 Å². The van der Waals surface area contributed by atoms with Crippen LogP contribution in [-0.2, 0) is 0 Å². The number of rotatable bonds is 1. The fraction of sp³-hybridized carbons (Fsp3) is 0.500. The molecule has 82 valence electrons. The van der Waals surface area contributed by atoms with Gasteiger partial charge in [0, 0.05) is 31.4 Å². The Morgan fingerprint density at radius 2 is 2.06 bits per heavy atom. The number of pyridine rings is 1. The molecule has 0 saturated carbocycles. The maximum Gasteiger partial charge on any atom is 0.129 e. The Labute approximate surface area is 94.9 Å². The molecule has 0 radical (unpaired) electrons. The molecular weight excluding hydrogens is 200 g/mol. The number of hydrogen-bond donors (Lipinski definition) is 1. The van der Waals surface area contributed by atoms with Crippen molar-refractivity contribution in [1.29, 1.82) is 5.26 Å². The molecule has 4 nitrogen and oxygen atoms in total. The van der Waals surface area contributed by atoms with Gasteiger partial charge < -0.3 is 10.2 Å². The van der Waals surface area contributed by atoms with Crippen LogP contribution in [0.15, 0.2) is 18.3 Å². The van der Waals surface area contributed by atoms with E-state index in [0.717, 1.165) is 18.9 Å². The highest BCUT2D eigenvalue weighted by Gasteiger charge is 2.36. The molecule has 1 aromatic heterocycles. The van der Waals surface area contributed by atoms with Gasteiger partial charge in [0.1, 0.15) is 11.9 Å². The zero-order valence-corrected chi connectivity index (χ0v) is 9.06. The standard InChI is InChI=1S/C12H14N4/c13-5-9-1-4-12(15-6-9)16-10-2-3-11(16)8-14-7-10/h1,4,6,10-11,14H,2-3,7-8H2/t10-,11?/m0/s1. The topological polar surface area (TPSA) is 52.0 Å². The first-order valence-electron chi connectivity index (χ1n) is 5.73. The predicted molar refractivity (Wildman–Crippen MR) is 61.1 cm³/mol. The molecule has 16 heavy (non-hydrogen) atoms. The van der Waals surface area contributed by atoms with E-state index < -0.39 is 0 Å². The number of fused-ring (bicyclic) bond motifs is 2. The third-order valence-corrected chi connectivity index (χ3v) is 3.52. The van der Waals surface area contributed by atoms with Crippen LogP contribution in [-0.4, -0.2) is 30.2 Å². The predicted octanol–water partition coefficient (Wildman–Crippen LogP) is 0.894. The summed E-state index contributed by atoms with van der Waals surface area (Å²) < 4.78 is 0. The second-order valence-electron chi connectivity index (χ2n) is 4.47. The van der Waals surface area contributed by atoms with Gasteiger partial charge >= 0.3 is 0 Å². The van der Waals surface area contributed by atoms with E-state index in [-0.39, 0.29) is 0 Å². The lowest BCUT2D eigenvalue weighted by Crippen LogP contribution is -2.52. The van der Waals surface area contributed by atoms with E-state index in [1.165, 1.54) is 12.8 Å². The van der Waals surface area contributed by atoms with Gasteiger partial charge in [0.2, 0.25) is 0 Å². The smallest absolute Gasteiger partial charge is 0.129 e. The summed E-state index contributed by atoms with van der Waals surface area (Å²) >= 11 is 0. The lowest BCUT2D eigenvalue weighted by Gasteiger charge is -2.36. The van der Waals surface area contributed by atoms with Gasteiger partial charge in [-0.05, 0) is 25.0 Å². The molecule has 2 aliphatic rings. The van der Waals surface area contributed by atoms with E-state index in [2.05, 4.69) is 21.3 Å². The van der Waals surface area contributed by atoms with Crippen LogP contribution in [0.2, 0.25) is 0 Å². The summed E-state index contributed by atoms with van der Waals surface area (Å²) in [7, 11) is 0. The molecule has 2 bridgehead atoms. The molecule has 0 amide bonds. The van der Waals surface area contributed by atoms with E-state index in [0.29, 0.717) is 17.6 Å². The SMILES string of the molecule is N#Cc1ccc(N2C3CC[C@H]2CNC3)nc1. The van der Waals surface area contributed by atoms with Gasteiger partial charge in [-0.2, -0.15) is 5.26 Å². The van der Waals surface area contributed by atoms with Gasteiger partial charge in [0.05, 0.1) is 5.56 Å². The first-order valence-corrected chi connectivity index (χ1v) is 5.73. The molecule has 2 fully saturated rings. The van der Waals surface area contributed by atoms with Crippen LogP contribution in [0.4, 0.5) is 5.82 Å². The van der Waals surface area contributed by atoms with Gasteiger partial charge in [-0.1, -0.05) is 0 Å². The number of nitrogens with zero attached hydrogens (tertiary/aromatic N) is 3. The second kappa shape index (κ2) is 3.76. The largest absolute Gasteiger partial charge is 0.348 e. The fourth-order valence-corrected chi connectivity index (χ4v) is 2.76. The van der Waals surface area contributed by atoms with Gasteiger partial charge in [0.25, 0.3) is 0 Å².